The summed E-state index contributed by atoms with van der Waals surface area (Å²) in [5, 5.41) is -2.07. The molecule has 0 aromatic heterocycles. The monoisotopic (exact) mass is 458 g/mol. The molecule has 29 heavy (non-hydrogen) atoms. The first-order chi connectivity index (χ1) is 13.4. The topological polar surface area (TPSA) is 105 Å². The second kappa shape index (κ2) is 11.0. The average molecular weight is 458 g/mol. The number of esters is 1. The third-order valence-corrected chi connectivity index (χ3v) is 6.39. The smallest absolute Gasteiger partial charge is 0.465 e. The number of hydrogen-bond donors (Lipinski definition) is 2. The molecule has 8 nitrogen and oxygen atoms in total. The van der Waals surface area contributed by atoms with Crippen molar-refractivity contribution in [3.8, 4) is 0 Å². The number of nitrogens with zero attached hydrogens (tertiary/aromatic N) is 1. The first-order valence-corrected chi connectivity index (χ1v) is 10.9. The molecule has 0 aliphatic carbocycles. The van der Waals surface area contributed by atoms with Crippen molar-refractivity contribution in [2.45, 2.75) is 43.0 Å². The zero-order valence-corrected chi connectivity index (χ0v) is 17.6. The summed E-state index contributed by atoms with van der Waals surface area (Å²) in [4.78, 5) is 34.4. The van der Waals surface area contributed by atoms with Crippen LogP contribution < -0.4 is 5.48 Å². The fraction of sp³-hybridized carbons (Fsp3) is 0.500. The van der Waals surface area contributed by atoms with Gasteiger partial charge >= 0.3 is 25.6 Å². The van der Waals surface area contributed by atoms with Crippen molar-refractivity contribution in [1.82, 2.24) is 10.4 Å². The lowest BCUT2D eigenvalue weighted by atomic mass is 10.4. The number of carbonyl (C=O) groups is 2. The van der Waals surface area contributed by atoms with Gasteiger partial charge in [0.2, 0.25) is 0 Å². The van der Waals surface area contributed by atoms with E-state index in [1.165, 1.54) is 19.1 Å². The fourth-order valence-electron chi connectivity index (χ4n) is 1.91. The third kappa shape index (κ3) is 8.35. The van der Waals surface area contributed by atoms with Gasteiger partial charge in [0.15, 0.2) is 5.11 Å². The van der Waals surface area contributed by atoms with Gasteiger partial charge in [0.1, 0.15) is 6.54 Å². The molecular weight excluding hydrogens is 436 g/mol. The first-order valence-electron chi connectivity index (χ1n) is 8.40. The summed E-state index contributed by atoms with van der Waals surface area (Å²) >= 11 is 0.479. The summed E-state index contributed by atoms with van der Waals surface area (Å²) in [7, 11) is -4.93. The number of benzene rings is 1. The number of hydrogen-bond acceptors (Lipinski definition) is 7. The zero-order valence-electron chi connectivity index (χ0n) is 15.9. The Kier molecular flexibility index (Phi) is 9.63. The molecule has 13 heteroatoms. The quantitative estimate of drug-likeness (QED) is 0.181. The van der Waals surface area contributed by atoms with Crippen molar-refractivity contribution < 1.29 is 41.6 Å². The van der Waals surface area contributed by atoms with E-state index in [4.69, 9.17) is 4.62 Å². The second-order valence-corrected chi connectivity index (χ2v) is 9.22. The zero-order chi connectivity index (χ0) is 22.2. The molecule has 1 rings (SSSR count). The van der Waals surface area contributed by atoms with Crippen LogP contribution in [-0.4, -0.2) is 52.2 Å². The Bertz CT molecular complexity index is 735. The molecule has 2 atom stereocenters. The molecule has 0 heterocycles. The number of nitrogens with one attached hydrogen (secondary N) is 1. The SMILES string of the molecule is CCOC(=O)CN(C(=O)C(F)(F)F)C(Sc1ccccc1)P(=O)(O)ONC(C)C. The van der Waals surface area contributed by atoms with Gasteiger partial charge in [-0.15, -0.1) is 0 Å². The molecule has 0 fully saturated rings. The minimum absolute atomic E-state index is 0.0571. The number of halogens is 3. The van der Waals surface area contributed by atoms with E-state index in [0.29, 0.717) is 11.8 Å². The number of amides is 1. The molecule has 1 aromatic rings. The predicted octanol–water partition coefficient (Wildman–Crippen LogP) is 3.13. The lowest BCUT2D eigenvalue weighted by molar-refractivity contribution is -0.186. The highest BCUT2D eigenvalue weighted by Crippen LogP contribution is 2.55. The van der Waals surface area contributed by atoms with Crippen LogP contribution in [0.5, 0.6) is 0 Å². The number of rotatable bonds is 10. The Balaban J connectivity index is 3.37. The van der Waals surface area contributed by atoms with Crippen molar-refractivity contribution in [1.29, 1.82) is 0 Å². The molecule has 0 saturated heterocycles. The molecule has 0 saturated carbocycles. The Morgan fingerprint density at radius 2 is 1.86 bits per heavy atom. The summed E-state index contributed by atoms with van der Waals surface area (Å²) in [5.41, 5.74) is 2.20. The van der Waals surface area contributed by atoms with Crippen LogP contribution in [0.2, 0.25) is 0 Å². The molecular formula is C16H22F3N2O6PS. The molecule has 0 spiro atoms. The van der Waals surface area contributed by atoms with Gasteiger partial charge < -0.3 is 14.5 Å². The second-order valence-electron chi connectivity index (χ2n) is 5.92. The van der Waals surface area contributed by atoms with E-state index in [2.05, 4.69) is 10.2 Å². The minimum Gasteiger partial charge on any atom is -0.465 e. The number of hydroxylamine groups is 1. The third-order valence-electron chi connectivity index (χ3n) is 3.06. The lowest BCUT2D eigenvalue weighted by Gasteiger charge is -2.33. The van der Waals surface area contributed by atoms with Crippen molar-refractivity contribution in [3.05, 3.63) is 30.3 Å². The van der Waals surface area contributed by atoms with Crippen molar-refractivity contribution >= 4 is 31.2 Å². The number of carbonyl (C=O) groups excluding carboxylic acids is 2. The molecule has 1 amide bonds. The van der Waals surface area contributed by atoms with Gasteiger partial charge in [-0.25, -0.2) is 4.62 Å². The van der Waals surface area contributed by atoms with Crippen LogP contribution in [0.1, 0.15) is 20.8 Å². The van der Waals surface area contributed by atoms with Crippen molar-refractivity contribution in [2.75, 3.05) is 13.2 Å². The Morgan fingerprint density at radius 3 is 2.34 bits per heavy atom. The molecule has 1 aromatic carbocycles. The average Bonchev–Trinajstić information content (AvgIpc) is 2.62. The minimum atomic E-state index is -5.40. The predicted molar refractivity (Wildman–Crippen MR) is 99.7 cm³/mol. The van der Waals surface area contributed by atoms with E-state index >= 15 is 0 Å². The van der Waals surface area contributed by atoms with E-state index < -0.39 is 43.4 Å². The molecule has 0 bridgehead atoms. The molecule has 164 valence electrons. The van der Waals surface area contributed by atoms with E-state index in [1.807, 2.05) is 0 Å². The van der Waals surface area contributed by atoms with Crippen LogP contribution in [0.15, 0.2) is 35.2 Å². The highest BCUT2D eigenvalue weighted by Gasteiger charge is 2.51. The highest BCUT2D eigenvalue weighted by molar-refractivity contribution is 8.05. The van der Waals surface area contributed by atoms with Gasteiger partial charge in [0, 0.05) is 10.9 Å². The highest BCUT2D eigenvalue weighted by atomic mass is 32.2. The maximum Gasteiger partial charge on any atom is 0.471 e. The van der Waals surface area contributed by atoms with Gasteiger partial charge in [0.25, 0.3) is 0 Å². The summed E-state index contributed by atoms with van der Waals surface area (Å²) in [5.74, 6) is -3.64. The molecule has 2 unspecified atom stereocenters. The van der Waals surface area contributed by atoms with Crippen LogP contribution in [0.4, 0.5) is 13.2 Å². The molecule has 0 aliphatic rings. The fourth-order valence-corrected chi connectivity index (χ4v) is 4.79. The first kappa shape index (κ1) is 25.4. The van der Waals surface area contributed by atoms with Crippen molar-refractivity contribution in [2.24, 2.45) is 0 Å². The maximum atomic E-state index is 13.2. The summed E-state index contributed by atoms with van der Waals surface area (Å²) in [6.45, 7) is 3.22. The van der Waals surface area contributed by atoms with Gasteiger partial charge in [-0.3, -0.25) is 14.2 Å². The van der Waals surface area contributed by atoms with E-state index in [-0.39, 0.29) is 16.4 Å². The Hall–Kier alpha value is -1.59. The van der Waals surface area contributed by atoms with E-state index in [1.54, 1.807) is 32.0 Å². The van der Waals surface area contributed by atoms with Crippen LogP contribution >= 0.6 is 19.4 Å². The number of ether oxygens (including phenoxy) is 1. The summed E-state index contributed by atoms with van der Waals surface area (Å²) < 4.78 is 61.6. The normalized spacial score (nSPS) is 14.9. The van der Waals surface area contributed by atoms with Crippen LogP contribution in [0.25, 0.3) is 0 Å². The standard InChI is InChI=1S/C16H22F3N2O6PS/c1-4-26-13(22)10-21(14(23)16(17,18)19)15(28(24,25)27-20-11(2)3)29-12-8-6-5-7-9-12/h5-9,11,15,20H,4,10H2,1-3H3,(H,24,25). The molecule has 0 aliphatic heterocycles. The largest absolute Gasteiger partial charge is 0.471 e. The van der Waals surface area contributed by atoms with Gasteiger partial charge in [-0.05, 0) is 32.9 Å². The van der Waals surface area contributed by atoms with E-state index in [0.717, 1.165) is 0 Å². The molecule has 0 radical (unpaired) electrons. The lowest BCUT2D eigenvalue weighted by Crippen LogP contribution is -2.49. The summed E-state index contributed by atoms with van der Waals surface area (Å²) in [6.07, 6.45) is -5.40. The molecule has 2 N–H and O–H groups in total. The van der Waals surface area contributed by atoms with Crippen LogP contribution in [0.3, 0.4) is 0 Å². The Labute approximate surface area is 170 Å². The van der Waals surface area contributed by atoms with Gasteiger partial charge in [-0.2, -0.15) is 18.7 Å². The van der Waals surface area contributed by atoms with Crippen LogP contribution in [0, 0.1) is 0 Å². The van der Waals surface area contributed by atoms with Crippen LogP contribution in [-0.2, 0) is 23.5 Å². The van der Waals surface area contributed by atoms with Crippen molar-refractivity contribution in [3.63, 3.8) is 0 Å². The number of alkyl halides is 3. The Morgan fingerprint density at radius 1 is 1.28 bits per heavy atom. The van der Waals surface area contributed by atoms with E-state index in [9.17, 15) is 32.2 Å². The van der Waals surface area contributed by atoms with Gasteiger partial charge in [-0.1, -0.05) is 30.0 Å². The number of thioether (sulfide) groups is 1. The summed E-state index contributed by atoms with van der Waals surface area (Å²) in [6, 6.07) is 7.22. The van der Waals surface area contributed by atoms with Gasteiger partial charge in [0.05, 0.1) is 6.61 Å². The maximum absolute atomic E-state index is 13.2.